The van der Waals surface area contributed by atoms with Crippen LogP contribution in [0.2, 0.25) is 0 Å². The van der Waals surface area contributed by atoms with E-state index in [1.807, 2.05) is 20.8 Å². The van der Waals surface area contributed by atoms with Gasteiger partial charge in [-0.1, -0.05) is 39.7 Å². The molecule has 0 aliphatic carbocycles. The van der Waals surface area contributed by atoms with E-state index < -0.39 is 35.9 Å². The van der Waals surface area contributed by atoms with Crippen molar-refractivity contribution < 1.29 is 48.0 Å². The van der Waals surface area contributed by atoms with E-state index in [-0.39, 0.29) is 44.0 Å². The number of rotatable bonds is 16. The first-order chi connectivity index (χ1) is 17.5. The SMILES string of the molecule is CCCCCC(=O)O[C@@H](C)CC(N)(Cc1ccc(OC(=O)OCCC)c(OC(=O)OCCC)c1)C(=O)O. The van der Waals surface area contributed by atoms with Gasteiger partial charge in [-0.25, -0.2) is 9.59 Å². The van der Waals surface area contributed by atoms with Crippen LogP contribution in [-0.2, 0) is 30.2 Å². The molecule has 0 radical (unpaired) electrons. The van der Waals surface area contributed by atoms with Crippen LogP contribution in [0.4, 0.5) is 9.59 Å². The summed E-state index contributed by atoms with van der Waals surface area (Å²) in [6.45, 7) is 7.48. The number of esters is 1. The maximum absolute atomic E-state index is 12.1. The van der Waals surface area contributed by atoms with Crippen molar-refractivity contribution in [3.63, 3.8) is 0 Å². The summed E-state index contributed by atoms with van der Waals surface area (Å²) in [7, 11) is 0. The summed E-state index contributed by atoms with van der Waals surface area (Å²) >= 11 is 0. The molecular weight excluding hydrogens is 486 g/mol. The lowest BCUT2D eigenvalue weighted by Crippen LogP contribution is -2.52. The highest BCUT2D eigenvalue weighted by atomic mass is 16.7. The molecule has 0 fully saturated rings. The molecule has 208 valence electrons. The standard InChI is InChI=1S/C26H39NO10/c1-5-8-9-10-22(28)35-18(4)16-26(27,23(29)30)17-19-11-12-20(36-24(31)33-13-6-2)21(15-19)37-25(32)34-14-7-3/h11-12,15,18H,5-10,13-14,16-17,27H2,1-4H3,(H,29,30)/t18-,26?/m0/s1. The van der Waals surface area contributed by atoms with E-state index in [1.165, 1.54) is 18.2 Å². The highest BCUT2D eigenvalue weighted by Crippen LogP contribution is 2.31. The average molecular weight is 526 g/mol. The molecule has 1 rings (SSSR count). The summed E-state index contributed by atoms with van der Waals surface area (Å²) in [5.74, 6) is -2.00. The van der Waals surface area contributed by atoms with Gasteiger partial charge in [-0.3, -0.25) is 9.59 Å². The highest BCUT2D eigenvalue weighted by Gasteiger charge is 2.37. The van der Waals surface area contributed by atoms with Gasteiger partial charge in [0.05, 0.1) is 13.2 Å². The van der Waals surface area contributed by atoms with Crippen molar-refractivity contribution in [3.05, 3.63) is 23.8 Å². The van der Waals surface area contributed by atoms with Crippen molar-refractivity contribution in [3.8, 4) is 11.5 Å². The summed E-state index contributed by atoms with van der Waals surface area (Å²) in [6.07, 6.45) is 0.841. The summed E-state index contributed by atoms with van der Waals surface area (Å²) in [5, 5.41) is 9.86. The zero-order chi connectivity index (χ0) is 27.8. The number of aliphatic carboxylic acids is 1. The normalized spacial score (nSPS) is 13.1. The van der Waals surface area contributed by atoms with Gasteiger partial charge in [-0.05, 0) is 43.9 Å². The van der Waals surface area contributed by atoms with E-state index in [4.69, 9.17) is 29.4 Å². The lowest BCUT2D eigenvalue weighted by atomic mass is 9.86. The molecule has 37 heavy (non-hydrogen) atoms. The second kappa shape index (κ2) is 16.4. The predicted molar refractivity (Wildman–Crippen MR) is 134 cm³/mol. The Labute approximate surface area is 217 Å². The number of nitrogens with two attached hydrogens (primary N) is 1. The highest BCUT2D eigenvalue weighted by molar-refractivity contribution is 5.79. The van der Waals surface area contributed by atoms with Gasteiger partial charge in [-0.15, -0.1) is 0 Å². The number of ether oxygens (including phenoxy) is 5. The Kier molecular flexibility index (Phi) is 14.1. The molecule has 0 bridgehead atoms. The lowest BCUT2D eigenvalue weighted by Gasteiger charge is -2.28. The van der Waals surface area contributed by atoms with Crippen molar-refractivity contribution in [1.29, 1.82) is 0 Å². The Morgan fingerprint density at radius 3 is 2.05 bits per heavy atom. The quantitative estimate of drug-likeness (QED) is 0.132. The third-order valence-electron chi connectivity index (χ3n) is 5.16. The van der Waals surface area contributed by atoms with Crippen molar-refractivity contribution in [1.82, 2.24) is 0 Å². The molecule has 0 saturated carbocycles. The van der Waals surface area contributed by atoms with Crippen LogP contribution in [0.25, 0.3) is 0 Å². The molecule has 0 amide bonds. The third-order valence-corrected chi connectivity index (χ3v) is 5.16. The predicted octanol–water partition coefficient (Wildman–Crippen LogP) is 4.76. The maximum Gasteiger partial charge on any atom is 0.513 e. The minimum absolute atomic E-state index is 0.118. The number of benzene rings is 1. The Morgan fingerprint density at radius 1 is 0.919 bits per heavy atom. The molecule has 0 aliphatic heterocycles. The van der Waals surface area contributed by atoms with Gasteiger partial charge in [0.25, 0.3) is 0 Å². The zero-order valence-electron chi connectivity index (χ0n) is 22.1. The van der Waals surface area contributed by atoms with Crippen LogP contribution in [0.3, 0.4) is 0 Å². The number of hydrogen-bond acceptors (Lipinski definition) is 10. The number of carboxylic acid groups (broad SMARTS) is 1. The second-order valence-electron chi connectivity index (χ2n) is 8.78. The summed E-state index contributed by atoms with van der Waals surface area (Å²) in [5.41, 5.74) is 4.81. The third kappa shape index (κ3) is 12.0. The molecular formula is C26H39NO10. The molecule has 0 aliphatic rings. The van der Waals surface area contributed by atoms with Crippen LogP contribution in [0.5, 0.6) is 11.5 Å². The van der Waals surface area contributed by atoms with E-state index in [1.54, 1.807) is 6.92 Å². The van der Waals surface area contributed by atoms with Crippen LogP contribution >= 0.6 is 0 Å². The second-order valence-corrected chi connectivity index (χ2v) is 8.78. The van der Waals surface area contributed by atoms with Crippen LogP contribution in [-0.4, -0.2) is 54.2 Å². The number of carbonyl (C=O) groups excluding carboxylic acids is 3. The van der Waals surface area contributed by atoms with E-state index in [0.717, 1.165) is 12.8 Å². The molecule has 1 unspecified atom stereocenters. The first-order valence-electron chi connectivity index (χ1n) is 12.6. The van der Waals surface area contributed by atoms with Crippen LogP contribution < -0.4 is 15.2 Å². The van der Waals surface area contributed by atoms with Crippen LogP contribution in [0.15, 0.2) is 18.2 Å². The molecule has 1 aromatic rings. The molecule has 0 spiro atoms. The monoisotopic (exact) mass is 525 g/mol. The summed E-state index contributed by atoms with van der Waals surface area (Å²) in [6, 6.07) is 4.16. The first kappa shape index (κ1) is 31.7. The number of unbranched alkanes of at least 4 members (excludes halogenated alkanes) is 2. The molecule has 11 heteroatoms. The topological polar surface area (TPSA) is 161 Å². The molecule has 0 heterocycles. The van der Waals surface area contributed by atoms with Gasteiger partial charge < -0.3 is 34.5 Å². The Bertz CT molecular complexity index is 903. The molecule has 3 N–H and O–H groups in total. The molecule has 0 saturated heterocycles. The van der Waals surface area contributed by atoms with Crippen molar-refractivity contribution >= 4 is 24.2 Å². The Balaban J connectivity index is 3.07. The minimum Gasteiger partial charge on any atom is -0.480 e. The summed E-state index contributed by atoms with van der Waals surface area (Å²) in [4.78, 5) is 48.1. The Hall–Kier alpha value is -3.34. The van der Waals surface area contributed by atoms with Crippen molar-refractivity contribution in [2.45, 2.75) is 90.7 Å². The number of carbonyl (C=O) groups is 4. The van der Waals surface area contributed by atoms with Gasteiger partial charge in [0, 0.05) is 19.3 Å². The maximum atomic E-state index is 12.1. The largest absolute Gasteiger partial charge is 0.513 e. The molecule has 11 nitrogen and oxygen atoms in total. The molecule has 0 aromatic heterocycles. The Morgan fingerprint density at radius 2 is 1.51 bits per heavy atom. The minimum atomic E-state index is -1.80. The zero-order valence-corrected chi connectivity index (χ0v) is 22.1. The van der Waals surface area contributed by atoms with Gasteiger partial charge in [-0.2, -0.15) is 0 Å². The fourth-order valence-corrected chi connectivity index (χ4v) is 3.39. The van der Waals surface area contributed by atoms with Crippen LogP contribution in [0.1, 0.15) is 78.2 Å². The van der Waals surface area contributed by atoms with Crippen molar-refractivity contribution in [2.75, 3.05) is 13.2 Å². The van der Waals surface area contributed by atoms with Gasteiger partial charge in [0.15, 0.2) is 11.5 Å². The molecule has 2 atom stereocenters. The fourth-order valence-electron chi connectivity index (χ4n) is 3.39. The fraction of sp³-hybridized carbons (Fsp3) is 0.615. The number of hydrogen-bond donors (Lipinski definition) is 2. The summed E-state index contributed by atoms with van der Waals surface area (Å²) < 4.78 is 25.5. The smallest absolute Gasteiger partial charge is 0.480 e. The first-order valence-corrected chi connectivity index (χ1v) is 12.6. The van der Waals surface area contributed by atoms with Gasteiger partial charge in [0.2, 0.25) is 0 Å². The number of carboxylic acids is 1. The van der Waals surface area contributed by atoms with Gasteiger partial charge in [0.1, 0.15) is 11.6 Å². The van der Waals surface area contributed by atoms with E-state index in [9.17, 15) is 24.3 Å². The van der Waals surface area contributed by atoms with Gasteiger partial charge >= 0.3 is 24.2 Å². The van der Waals surface area contributed by atoms with E-state index in [2.05, 4.69) is 0 Å². The van der Waals surface area contributed by atoms with E-state index >= 15 is 0 Å². The van der Waals surface area contributed by atoms with Crippen LogP contribution in [0, 0.1) is 0 Å². The molecule has 1 aromatic carbocycles. The lowest BCUT2D eigenvalue weighted by molar-refractivity contribution is -0.153. The van der Waals surface area contributed by atoms with E-state index in [0.29, 0.717) is 24.8 Å². The van der Waals surface area contributed by atoms with Crippen molar-refractivity contribution in [2.24, 2.45) is 5.73 Å². The average Bonchev–Trinajstić information content (AvgIpc) is 2.82.